The molecule has 15 nitrogen and oxygen atoms in total. The molecule has 45 heavy (non-hydrogen) atoms. The van der Waals surface area contributed by atoms with Crippen molar-refractivity contribution in [2.45, 2.75) is 80.5 Å². The third kappa shape index (κ3) is 5.71. The average molecular weight is 638 g/mol. The second-order valence-corrected chi connectivity index (χ2v) is 12.0. The lowest BCUT2D eigenvalue weighted by atomic mass is 9.73. The lowest BCUT2D eigenvalue weighted by Gasteiger charge is -2.49. The molecular formula is C30H39NO14. The molecule has 0 radical (unpaired) electrons. The number of amides is 1. The maximum atomic E-state index is 13.6. The maximum Gasteiger partial charge on any atom is 0.253 e. The van der Waals surface area contributed by atoms with Crippen molar-refractivity contribution in [2.24, 2.45) is 11.8 Å². The number of hydrogen-bond donors (Lipinski definition) is 7. The molecule has 0 aromatic heterocycles. The Kier molecular flexibility index (Phi) is 9.11. The van der Waals surface area contributed by atoms with Crippen LogP contribution in [0.3, 0.4) is 0 Å². The number of benzene rings is 1. The molecule has 248 valence electrons. The molecule has 15 heteroatoms. The summed E-state index contributed by atoms with van der Waals surface area (Å²) in [6, 6.07) is 3.07. The summed E-state index contributed by atoms with van der Waals surface area (Å²) in [6.45, 7) is 3.66. The van der Waals surface area contributed by atoms with E-state index >= 15 is 0 Å². The molecule has 7 N–H and O–H groups in total. The number of fused-ring (bicyclic) bond motifs is 4. The summed E-state index contributed by atoms with van der Waals surface area (Å²) in [5.41, 5.74) is 2.22. The van der Waals surface area contributed by atoms with Gasteiger partial charge in [-0.15, -0.1) is 6.58 Å². The van der Waals surface area contributed by atoms with Crippen LogP contribution in [0.25, 0.3) is 0 Å². The van der Waals surface area contributed by atoms with Gasteiger partial charge in [0.25, 0.3) is 5.91 Å². The van der Waals surface area contributed by atoms with Crippen molar-refractivity contribution in [1.29, 1.82) is 0 Å². The summed E-state index contributed by atoms with van der Waals surface area (Å²) in [5, 5.41) is 72.1. The van der Waals surface area contributed by atoms with Gasteiger partial charge in [-0.25, -0.2) is 0 Å². The highest BCUT2D eigenvalue weighted by Crippen LogP contribution is 2.49. The number of carbonyl (C=O) groups excluding carboxylic acids is 1. The van der Waals surface area contributed by atoms with Crippen LogP contribution in [0.4, 0.5) is 0 Å². The normalized spacial score (nSPS) is 41.2. The first-order valence-electron chi connectivity index (χ1n) is 14.8. The number of phenols is 1. The van der Waals surface area contributed by atoms with Gasteiger partial charge in [0.05, 0.1) is 38.2 Å². The molecule has 3 fully saturated rings. The van der Waals surface area contributed by atoms with Crippen LogP contribution in [0.1, 0.15) is 23.6 Å². The molecule has 3 saturated heterocycles. The Balaban J connectivity index is 1.17. The number of ether oxygens (including phenoxy) is 6. The zero-order chi connectivity index (χ0) is 32.2. The Bertz CT molecular complexity index is 1310. The monoisotopic (exact) mass is 637 g/mol. The molecule has 5 aliphatic rings. The van der Waals surface area contributed by atoms with Gasteiger partial charge in [0.1, 0.15) is 42.7 Å². The quantitative estimate of drug-likeness (QED) is 0.164. The number of rotatable bonds is 7. The Morgan fingerprint density at radius 3 is 2.51 bits per heavy atom. The van der Waals surface area contributed by atoms with Crippen LogP contribution in [-0.2, 0) is 34.9 Å². The molecule has 0 bridgehead atoms. The second-order valence-electron chi connectivity index (χ2n) is 12.0. The molecule has 1 aromatic carbocycles. The summed E-state index contributed by atoms with van der Waals surface area (Å²) in [5.74, 6) is -0.888. The van der Waals surface area contributed by atoms with Crippen LogP contribution in [0.15, 0.2) is 36.6 Å². The van der Waals surface area contributed by atoms with E-state index in [4.69, 9.17) is 28.4 Å². The number of nitrogens with zero attached hydrogens (tertiary/aromatic N) is 1. The lowest BCUT2D eigenvalue weighted by molar-refractivity contribution is -0.348. The predicted molar refractivity (Wildman–Crippen MR) is 149 cm³/mol. The van der Waals surface area contributed by atoms with Crippen LogP contribution in [0.5, 0.6) is 11.5 Å². The van der Waals surface area contributed by atoms with Gasteiger partial charge in [0, 0.05) is 18.4 Å². The van der Waals surface area contributed by atoms with Crippen molar-refractivity contribution in [2.75, 3.05) is 26.9 Å². The van der Waals surface area contributed by atoms with Crippen LogP contribution in [-0.4, -0.2) is 135 Å². The highest BCUT2D eigenvalue weighted by molar-refractivity contribution is 5.95. The number of aliphatic hydroxyl groups is 6. The minimum atomic E-state index is -1.72. The van der Waals surface area contributed by atoms with Gasteiger partial charge in [-0.05, 0) is 36.1 Å². The van der Waals surface area contributed by atoms with E-state index in [1.807, 2.05) is 0 Å². The fraction of sp³-hybridized carbons (Fsp3) is 0.633. The Morgan fingerprint density at radius 1 is 1.02 bits per heavy atom. The molecule has 0 aliphatic carbocycles. The Morgan fingerprint density at radius 2 is 1.78 bits per heavy atom. The Hall–Kier alpha value is -2.83. The first-order chi connectivity index (χ1) is 21.5. The third-order valence-electron chi connectivity index (χ3n) is 9.38. The van der Waals surface area contributed by atoms with E-state index < -0.39 is 80.0 Å². The molecule has 0 unspecified atom stereocenters. The standard InChI is InChI=1S/C30H39NO14/c1-3-13-15-7-17-14-8-18(32)20(40-2)6-12(14)4-5-31(17)27(39)16(15)9-41-28(13)45-30-26(38)24(36)23(35)21(44-30)11-43-29-25(37)22(34)19(33)10-42-29/h3,6,8-9,13,15,17,19,21-26,28-30,32-38H,1,4-5,7,10-11H2,2H3/t13-,15+,17-,19-,21-,22+,23-,24+,25-,26-,28+,29-,30+/m1/s1. The van der Waals surface area contributed by atoms with Gasteiger partial charge in [0.2, 0.25) is 6.29 Å². The van der Waals surface area contributed by atoms with Gasteiger partial charge in [0.15, 0.2) is 24.1 Å². The SMILES string of the molecule is C=C[C@H]1[C@H](O[C@@H]2O[C@H](CO[C@H]3OC[C@@H](O)[C@H](O)[C@H]3O)[C@@H](O)[C@H](O)[C@H]2O)OC=C2C(=O)N3CCc4cc(OC)c(O)cc4[C@H]3C[C@H]21. The van der Waals surface area contributed by atoms with Crippen molar-refractivity contribution >= 4 is 5.91 Å². The van der Waals surface area contributed by atoms with E-state index in [0.717, 1.165) is 11.1 Å². The fourth-order valence-electron chi connectivity index (χ4n) is 6.81. The summed E-state index contributed by atoms with van der Waals surface area (Å²) < 4.78 is 33.6. The van der Waals surface area contributed by atoms with Crippen molar-refractivity contribution < 1.29 is 69.0 Å². The number of hydrogen-bond acceptors (Lipinski definition) is 14. The summed E-state index contributed by atoms with van der Waals surface area (Å²) in [6.07, 6.45) is -10.7. The highest BCUT2D eigenvalue weighted by atomic mass is 16.8. The van der Waals surface area contributed by atoms with E-state index in [0.29, 0.717) is 30.7 Å². The molecule has 0 spiro atoms. The van der Waals surface area contributed by atoms with Crippen molar-refractivity contribution in [3.05, 3.63) is 47.7 Å². The number of piperidine rings is 1. The zero-order valence-electron chi connectivity index (χ0n) is 24.5. The molecule has 1 aromatic rings. The zero-order valence-corrected chi connectivity index (χ0v) is 24.5. The van der Waals surface area contributed by atoms with E-state index in [1.165, 1.54) is 13.4 Å². The lowest BCUT2D eigenvalue weighted by Crippen LogP contribution is -2.61. The summed E-state index contributed by atoms with van der Waals surface area (Å²) >= 11 is 0. The molecule has 0 saturated carbocycles. The van der Waals surface area contributed by atoms with Gasteiger partial charge in [-0.2, -0.15) is 0 Å². The fourth-order valence-corrected chi connectivity index (χ4v) is 6.81. The number of aliphatic hydroxyl groups excluding tert-OH is 6. The van der Waals surface area contributed by atoms with E-state index in [-0.39, 0.29) is 24.3 Å². The smallest absolute Gasteiger partial charge is 0.253 e. The van der Waals surface area contributed by atoms with Crippen molar-refractivity contribution in [1.82, 2.24) is 4.90 Å². The van der Waals surface area contributed by atoms with E-state index in [2.05, 4.69) is 6.58 Å². The number of phenolic OH excluding ortho intramolecular Hbond substituents is 1. The number of carbonyl (C=O) groups is 1. The van der Waals surface area contributed by atoms with Crippen LogP contribution >= 0.6 is 0 Å². The van der Waals surface area contributed by atoms with Gasteiger partial charge in [-0.1, -0.05) is 6.08 Å². The first kappa shape index (κ1) is 32.1. The maximum absolute atomic E-state index is 13.6. The average Bonchev–Trinajstić information content (AvgIpc) is 3.03. The van der Waals surface area contributed by atoms with E-state index in [1.54, 1.807) is 23.1 Å². The van der Waals surface area contributed by atoms with Crippen LogP contribution in [0.2, 0.25) is 0 Å². The van der Waals surface area contributed by atoms with Crippen molar-refractivity contribution in [3.63, 3.8) is 0 Å². The molecule has 5 aliphatic heterocycles. The van der Waals surface area contributed by atoms with Gasteiger partial charge >= 0.3 is 0 Å². The predicted octanol–water partition coefficient (Wildman–Crippen LogP) is -1.83. The second kappa shape index (κ2) is 12.8. The molecule has 6 rings (SSSR count). The topological polar surface area (TPSA) is 217 Å². The van der Waals surface area contributed by atoms with Crippen molar-refractivity contribution in [3.8, 4) is 11.5 Å². The van der Waals surface area contributed by atoms with Crippen LogP contribution in [0, 0.1) is 11.8 Å². The number of methoxy groups -OCH3 is 1. The van der Waals surface area contributed by atoms with E-state index in [9.17, 15) is 40.5 Å². The first-order valence-corrected chi connectivity index (χ1v) is 14.8. The highest BCUT2D eigenvalue weighted by Gasteiger charge is 2.51. The minimum Gasteiger partial charge on any atom is -0.504 e. The largest absolute Gasteiger partial charge is 0.504 e. The Labute approximate surface area is 258 Å². The third-order valence-corrected chi connectivity index (χ3v) is 9.38. The van der Waals surface area contributed by atoms with Gasteiger partial charge in [-0.3, -0.25) is 4.79 Å². The molecule has 13 atom stereocenters. The number of aromatic hydroxyl groups is 1. The summed E-state index contributed by atoms with van der Waals surface area (Å²) in [7, 11) is 1.48. The minimum absolute atomic E-state index is 0.0265. The van der Waals surface area contributed by atoms with Crippen LogP contribution < -0.4 is 4.74 Å². The molecular weight excluding hydrogens is 598 g/mol. The van der Waals surface area contributed by atoms with Gasteiger partial charge < -0.3 is 69.1 Å². The molecule has 1 amide bonds. The summed E-state index contributed by atoms with van der Waals surface area (Å²) in [4.78, 5) is 15.4. The molecule has 5 heterocycles.